The van der Waals surface area contributed by atoms with Gasteiger partial charge in [0.15, 0.2) is 14.4 Å². The molecule has 0 aliphatic carbocycles. The topological polar surface area (TPSA) is 76.0 Å². The van der Waals surface area contributed by atoms with E-state index in [-0.39, 0.29) is 17.7 Å². The fourth-order valence-electron chi connectivity index (χ4n) is 0.917. The molecule has 0 radical (unpaired) electrons. The molecular formula is C12H26O5Si. The Kier molecular flexibility index (Phi) is 6.49. The maximum Gasteiger partial charge on any atom is 0.334 e. The van der Waals surface area contributed by atoms with Gasteiger partial charge in [0.05, 0.1) is 19.3 Å². The zero-order valence-electron chi connectivity index (χ0n) is 12.2. The zero-order chi connectivity index (χ0) is 14.6. The molecule has 0 bridgehead atoms. The Bertz CT molecular complexity index is 272. The van der Waals surface area contributed by atoms with E-state index >= 15 is 0 Å². The van der Waals surface area contributed by atoms with Crippen molar-refractivity contribution in [3.63, 3.8) is 0 Å². The molecule has 0 rings (SSSR count). The first-order valence-corrected chi connectivity index (χ1v) is 9.04. The van der Waals surface area contributed by atoms with E-state index in [1.165, 1.54) is 0 Å². The Morgan fingerprint density at radius 1 is 1.28 bits per heavy atom. The van der Waals surface area contributed by atoms with Crippen LogP contribution in [0.4, 0.5) is 0 Å². The minimum atomic E-state index is -1.80. The number of carboxylic acid groups (broad SMARTS) is 1. The molecule has 18 heavy (non-hydrogen) atoms. The lowest BCUT2D eigenvalue weighted by Crippen LogP contribution is -2.43. The molecular weight excluding hydrogens is 252 g/mol. The number of aliphatic carboxylic acids is 1. The molecule has 2 atom stereocenters. The minimum Gasteiger partial charge on any atom is -0.479 e. The second-order valence-electron chi connectivity index (χ2n) is 6.07. The van der Waals surface area contributed by atoms with Crippen LogP contribution in [0.5, 0.6) is 0 Å². The van der Waals surface area contributed by atoms with Crippen LogP contribution in [0, 0.1) is 0 Å². The number of carboxylic acids is 1. The summed E-state index contributed by atoms with van der Waals surface area (Å²) in [6.45, 7) is 12.8. The van der Waals surface area contributed by atoms with Gasteiger partial charge < -0.3 is 19.4 Å². The van der Waals surface area contributed by atoms with E-state index in [1.807, 2.05) is 6.92 Å². The first-order valence-electron chi connectivity index (χ1n) is 6.14. The molecule has 0 saturated heterocycles. The average Bonchev–Trinajstić information content (AvgIpc) is 2.21. The van der Waals surface area contributed by atoms with Crippen molar-refractivity contribution in [1.29, 1.82) is 0 Å². The Morgan fingerprint density at radius 3 is 2.17 bits per heavy atom. The molecule has 108 valence electrons. The van der Waals surface area contributed by atoms with Crippen LogP contribution in [0.3, 0.4) is 0 Å². The average molecular weight is 278 g/mol. The summed E-state index contributed by atoms with van der Waals surface area (Å²) >= 11 is 0. The zero-order valence-corrected chi connectivity index (χ0v) is 13.2. The quantitative estimate of drug-likeness (QED) is 0.695. The third-order valence-corrected chi connectivity index (χ3v) is 7.81. The molecule has 0 fully saturated rings. The summed E-state index contributed by atoms with van der Waals surface area (Å²) in [5, 5.41) is 17.7. The molecule has 1 unspecified atom stereocenters. The maximum atomic E-state index is 10.4. The molecule has 2 N–H and O–H groups in total. The summed E-state index contributed by atoms with van der Waals surface area (Å²) in [4.78, 5) is 10.4. The number of hydrogen-bond donors (Lipinski definition) is 2. The Morgan fingerprint density at radius 2 is 1.78 bits per heavy atom. The van der Waals surface area contributed by atoms with Crippen LogP contribution in [0.1, 0.15) is 27.7 Å². The number of ether oxygens (including phenoxy) is 1. The lowest BCUT2D eigenvalue weighted by Gasteiger charge is -2.36. The Labute approximate surface area is 110 Å². The largest absolute Gasteiger partial charge is 0.479 e. The predicted molar refractivity (Wildman–Crippen MR) is 72.2 cm³/mol. The molecule has 0 aromatic heterocycles. The SMILES string of the molecule is C[C@H](CO[Si](C)(C)C(C)(C)C)OCC(O)C(=O)O. The van der Waals surface area contributed by atoms with Crippen LogP contribution in [-0.2, 0) is 14.0 Å². The van der Waals surface area contributed by atoms with Crippen molar-refractivity contribution >= 4 is 14.3 Å². The first kappa shape index (κ1) is 17.6. The lowest BCUT2D eigenvalue weighted by atomic mass is 10.2. The predicted octanol–water partition coefficient (Wildman–Crippen LogP) is 1.86. The highest BCUT2D eigenvalue weighted by Gasteiger charge is 2.37. The molecule has 0 spiro atoms. The van der Waals surface area contributed by atoms with Crippen molar-refractivity contribution < 1.29 is 24.2 Å². The number of aliphatic hydroxyl groups excluding tert-OH is 1. The Balaban J connectivity index is 4.05. The first-order chi connectivity index (χ1) is 7.97. The second-order valence-corrected chi connectivity index (χ2v) is 10.9. The van der Waals surface area contributed by atoms with Gasteiger partial charge in [-0.15, -0.1) is 0 Å². The second kappa shape index (κ2) is 6.65. The highest BCUT2D eigenvalue weighted by atomic mass is 28.4. The van der Waals surface area contributed by atoms with Crippen molar-refractivity contribution in [3.05, 3.63) is 0 Å². The molecule has 0 saturated carbocycles. The van der Waals surface area contributed by atoms with Crippen LogP contribution in [0.2, 0.25) is 18.1 Å². The van der Waals surface area contributed by atoms with Gasteiger partial charge in [-0.2, -0.15) is 0 Å². The van der Waals surface area contributed by atoms with Gasteiger partial charge in [0.25, 0.3) is 0 Å². The van der Waals surface area contributed by atoms with Gasteiger partial charge in [0, 0.05) is 0 Å². The molecule has 0 amide bonds. The Hall–Kier alpha value is -0.433. The van der Waals surface area contributed by atoms with Gasteiger partial charge in [-0.05, 0) is 25.1 Å². The van der Waals surface area contributed by atoms with Gasteiger partial charge in [-0.3, -0.25) is 0 Å². The molecule has 0 heterocycles. The van der Waals surface area contributed by atoms with Crippen LogP contribution >= 0.6 is 0 Å². The monoisotopic (exact) mass is 278 g/mol. The molecule has 0 aromatic rings. The van der Waals surface area contributed by atoms with Crippen LogP contribution in [0.25, 0.3) is 0 Å². The van der Waals surface area contributed by atoms with Crippen molar-refractivity contribution in [2.75, 3.05) is 13.2 Å². The number of hydrogen-bond acceptors (Lipinski definition) is 4. The van der Waals surface area contributed by atoms with E-state index in [0.717, 1.165) is 0 Å². The summed E-state index contributed by atoms with van der Waals surface area (Å²) in [5.74, 6) is -1.27. The van der Waals surface area contributed by atoms with Crippen LogP contribution < -0.4 is 0 Å². The van der Waals surface area contributed by atoms with E-state index in [0.29, 0.717) is 6.61 Å². The smallest absolute Gasteiger partial charge is 0.334 e. The normalized spacial score (nSPS) is 16.4. The summed E-state index contributed by atoms with van der Waals surface area (Å²) in [7, 11) is -1.80. The van der Waals surface area contributed by atoms with Crippen LogP contribution in [-0.4, -0.2) is 49.9 Å². The number of carbonyl (C=O) groups is 1. The van der Waals surface area contributed by atoms with Crippen molar-refractivity contribution in [2.24, 2.45) is 0 Å². The van der Waals surface area contributed by atoms with Crippen LogP contribution in [0.15, 0.2) is 0 Å². The number of rotatable bonds is 7. The molecule has 5 nitrogen and oxygen atoms in total. The van der Waals surface area contributed by atoms with Crippen molar-refractivity contribution in [2.45, 2.75) is 58.0 Å². The molecule has 0 aliphatic rings. The fourth-order valence-corrected chi connectivity index (χ4v) is 2.00. The van der Waals surface area contributed by atoms with Gasteiger partial charge in [-0.25, -0.2) is 4.79 Å². The van der Waals surface area contributed by atoms with Crippen molar-refractivity contribution in [1.82, 2.24) is 0 Å². The van der Waals surface area contributed by atoms with Crippen molar-refractivity contribution in [3.8, 4) is 0 Å². The molecule has 0 aliphatic heterocycles. The lowest BCUT2D eigenvalue weighted by molar-refractivity contribution is -0.151. The summed E-state index contributed by atoms with van der Waals surface area (Å²) < 4.78 is 11.2. The third-order valence-electron chi connectivity index (χ3n) is 3.31. The maximum absolute atomic E-state index is 10.4. The van der Waals surface area contributed by atoms with E-state index in [2.05, 4.69) is 33.9 Å². The van der Waals surface area contributed by atoms with Gasteiger partial charge >= 0.3 is 5.97 Å². The molecule has 6 heteroatoms. The fraction of sp³-hybridized carbons (Fsp3) is 0.917. The standard InChI is InChI=1S/C12H26O5Si/c1-9(16-8-10(13)11(14)15)7-17-18(5,6)12(2,3)4/h9-10,13H,7-8H2,1-6H3,(H,14,15)/t9-,10?/m1/s1. The number of aliphatic hydroxyl groups is 1. The van der Waals surface area contributed by atoms with Gasteiger partial charge in [-0.1, -0.05) is 20.8 Å². The van der Waals surface area contributed by atoms with E-state index in [1.54, 1.807) is 0 Å². The molecule has 0 aromatic carbocycles. The summed E-state index contributed by atoms with van der Waals surface area (Å²) in [5.41, 5.74) is 0. The van der Waals surface area contributed by atoms with Gasteiger partial charge in [0.2, 0.25) is 0 Å². The highest BCUT2D eigenvalue weighted by molar-refractivity contribution is 6.74. The highest BCUT2D eigenvalue weighted by Crippen LogP contribution is 2.36. The minimum absolute atomic E-state index is 0.132. The van der Waals surface area contributed by atoms with E-state index < -0.39 is 20.4 Å². The third kappa shape index (κ3) is 5.95. The summed E-state index contributed by atoms with van der Waals surface area (Å²) in [6.07, 6.45) is -1.70. The summed E-state index contributed by atoms with van der Waals surface area (Å²) in [6, 6.07) is 0. The van der Waals surface area contributed by atoms with E-state index in [4.69, 9.17) is 19.4 Å². The van der Waals surface area contributed by atoms with E-state index in [9.17, 15) is 4.79 Å². The van der Waals surface area contributed by atoms with Gasteiger partial charge in [0.1, 0.15) is 0 Å².